The number of methoxy groups -OCH3 is 3. The number of ketones is 1. The Hall–Kier alpha value is -3.13. The van der Waals surface area contributed by atoms with Crippen molar-refractivity contribution in [3.8, 4) is 17.2 Å². The average Bonchev–Trinajstić information content (AvgIpc) is 3.26. The van der Waals surface area contributed by atoms with Crippen LogP contribution in [0.15, 0.2) is 36.5 Å². The number of likely N-dealkylation sites (tertiary alicyclic amines) is 1. The number of rotatable bonds is 10. The predicted molar refractivity (Wildman–Crippen MR) is 116 cm³/mol. The summed E-state index contributed by atoms with van der Waals surface area (Å²) in [4.78, 5) is 31.9. The van der Waals surface area contributed by atoms with Crippen LogP contribution < -0.4 is 19.5 Å². The maximum atomic E-state index is 13.0. The number of carbonyl (C=O) groups excluding carboxylic acids is 2. The molecule has 1 aromatic heterocycles. The van der Waals surface area contributed by atoms with E-state index in [-0.39, 0.29) is 24.3 Å². The number of Topliss-reactive ketones (excluding diaryl/α,β-unsaturated/α-hetero) is 1. The molecule has 1 aliphatic heterocycles. The second kappa shape index (κ2) is 10.8. The Balaban J connectivity index is 1.62. The molecular formula is C23H29N3O5. The highest BCUT2D eigenvalue weighted by Crippen LogP contribution is 2.38. The van der Waals surface area contributed by atoms with Crippen LogP contribution in [0.5, 0.6) is 17.2 Å². The fraction of sp³-hybridized carbons (Fsp3) is 0.435. The summed E-state index contributed by atoms with van der Waals surface area (Å²) in [5, 5.41) is 2.98. The van der Waals surface area contributed by atoms with Gasteiger partial charge in [0.2, 0.25) is 11.7 Å². The van der Waals surface area contributed by atoms with Gasteiger partial charge in [-0.3, -0.25) is 19.5 Å². The summed E-state index contributed by atoms with van der Waals surface area (Å²) in [5.74, 6) is 1.14. The number of hydrogen-bond acceptors (Lipinski definition) is 7. The van der Waals surface area contributed by atoms with Gasteiger partial charge < -0.3 is 19.5 Å². The van der Waals surface area contributed by atoms with Crippen LogP contribution in [-0.2, 0) is 11.2 Å². The molecule has 0 bridgehead atoms. The molecule has 8 heteroatoms. The number of benzene rings is 1. The van der Waals surface area contributed by atoms with E-state index in [0.717, 1.165) is 18.5 Å². The molecule has 1 atom stereocenters. The van der Waals surface area contributed by atoms with Gasteiger partial charge >= 0.3 is 0 Å². The van der Waals surface area contributed by atoms with Crippen LogP contribution in [0.3, 0.4) is 0 Å². The van der Waals surface area contributed by atoms with E-state index >= 15 is 0 Å². The lowest BCUT2D eigenvalue weighted by Gasteiger charge is -2.23. The average molecular weight is 428 g/mol. The number of ether oxygens (including phenoxy) is 3. The zero-order chi connectivity index (χ0) is 22.2. The van der Waals surface area contributed by atoms with Crippen LogP contribution in [-0.4, -0.2) is 68.6 Å². The van der Waals surface area contributed by atoms with Gasteiger partial charge in [-0.15, -0.1) is 0 Å². The molecule has 0 aliphatic carbocycles. The summed E-state index contributed by atoms with van der Waals surface area (Å²) in [6.45, 7) is 1.37. The van der Waals surface area contributed by atoms with Crippen LogP contribution in [0.1, 0.15) is 28.9 Å². The number of aromatic nitrogens is 1. The van der Waals surface area contributed by atoms with Crippen LogP contribution in [0.4, 0.5) is 0 Å². The monoisotopic (exact) mass is 427 g/mol. The highest BCUT2D eigenvalue weighted by Gasteiger charge is 2.32. The highest BCUT2D eigenvalue weighted by molar-refractivity contribution is 5.99. The van der Waals surface area contributed by atoms with Crippen molar-refractivity contribution in [1.29, 1.82) is 0 Å². The van der Waals surface area contributed by atoms with Crippen LogP contribution in [0, 0.1) is 0 Å². The summed E-state index contributed by atoms with van der Waals surface area (Å²) in [6, 6.07) is 8.70. The van der Waals surface area contributed by atoms with Gasteiger partial charge in [0.25, 0.3) is 0 Å². The smallest absolute Gasteiger partial charge is 0.237 e. The van der Waals surface area contributed by atoms with E-state index in [1.54, 1.807) is 18.3 Å². The van der Waals surface area contributed by atoms with Crippen molar-refractivity contribution in [3.63, 3.8) is 0 Å². The Kier molecular flexibility index (Phi) is 7.83. The van der Waals surface area contributed by atoms with Crippen LogP contribution in [0.25, 0.3) is 0 Å². The van der Waals surface area contributed by atoms with Crippen molar-refractivity contribution in [1.82, 2.24) is 15.2 Å². The van der Waals surface area contributed by atoms with Gasteiger partial charge in [0.15, 0.2) is 17.3 Å². The number of hydrogen-bond donors (Lipinski definition) is 1. The van der Waals surface area contributed by atoms with Crippen molar-refractivity contribution in [2.24, 2.45) is 0 Å². The van der Waals surface area contributed by atoms with Gasteiger partial charge in [-0.25, -0.2) is 0 Å². The zero-order valence-corrected chi connectivity index (χ0v) is 18.2. The van der Waals surface area contributed by atoms with E-state index in [1.165, 1.54) is 21.3 Å². The molecule has 166 valence electrons. The molecule has 2 heterocycles. The first-order valence-corrected chi connectivity index (χ1v) is 10.3. The van der Waals surface area contributed by atoms with Crippen LogP contribution >= 0.6 is 0 Å². The normalized spacial score (nSPS) is 16.0. The molecule has 1 saturated heterocycles. The van der Waals surface area contributed by atoms with E-state index in [9.17, 15) is 9.59 Å². The van der Waals surface area contributed by atoms with E-state index in [0.29, 0.717) is 42.3 Å². The Morgan fingerprint density at radius 3 is 2.48 bits per heavy atom. The van der Waals surface area contributed by atoms with Gasteiger partial charge in [0.05, 0.1) is 33.9 Å². The summed E-state index contributed by atoms with van der Waals surface area (Å²) >= 11 is 0. The maximum absolute atomic E-state index is 13.0. The SMILES string of the molecule is COc1cc(C(=O)CN2CCC[C@H]2C(=O)NCCc2ccccn2)cc(OC)c1OC. The van der Waals surface area contributed by atoms with Crippen molar-refractivity contribution in [2.75, 3.05) is 41.0 Å². The molecule has 1 aliphatic rings. The first-order valence-electron chi connectivity index (χ1n) is 10.3. The van der Waals surface area contributed by atoms with E-state index in [2.05, 4.69) is 10.3 Å². The van der Waals surface area contributed by atoms with Crippen molar-refractivity contribution in [3.05, 3.63) is 47.8 Å². The summed E-state index contributed by atoms with van der Waals surface area (Å²) in [6.07, 6.45) is 4.02. The molecule has 2 aromatic rings. The quantitative estimate of drug-likeness (QED) is 0.581. The molecule has 8 nitrogen and oxygen atoms in total. The molecular weight excluding hydrogens is 398 g/mol. The second-order valence-corrected chi connectivity index (χ2v) is 7.33. The molecule has 0 radical (unpaired) electrons. The predicted octanol–water partition coefficient (Wildman–Crippen LogP) is 2.11. The molecule has 1 aromatic carbocycles. The Bertz CT molecular complexity index is 878. The van der Waals surface area contributed by atoms with E-state index in [1.807, 2.05) is 23.1 Å². The third kappa shape index (κ3) is 5.52. The molecule has 3 rings (SSSR count). The molecule has 0 unspecified atom stereocenters. The first-order chi connectivity index (χ1) is 15.1. The van der Waals surface area contributed by atoms with Gasteiger partial charge in [0.1, 0.15) is 0 Å². The van der Waals surface area contributed by atoms with Gasteiger partial charge in [0, 0.05) is 30.4 Å². The third-order valence-corrected chi connectivity index (χ3v) is 5.41. The summed E-state index contributed by atoms with van der Waals surface area (Å²) in [7, 11) is 4.54. The summed E-state index contributed by atoms with van der Waals surface area (Å²) in [5.41, 5.74) is 1.39. The summed E-state index contributed by atoms with van der Waals surface area (Å²) < 4.78 is 16.0. The van der Waals surface area contributed by atoms with Gasteiger partial charge in [-0.2, -0.15) is 0 Å². The van der Waals surface area contributed by atoms with Crippen LogP contribution in [0.2, 0.25) is 0 Å². The van der Waals surface area contributed by atoms with Crippen molar-refractivity contribution < 1.29 is 23.8 Å². The molecule has 1 fully saturated rings. The lowest BCUT2D eigenvalue weighted by atomic mass is 10.1. The maximum Gasteiger partial charge on any atom is 0.237 e. The molecule has 0 spiro atoms. The highest BCUT2D eigenvalue weighted by atomic mass is 16.5. The fourth-order valence-electron chi connectivity index (χ4n) is 3.81. The lowest BCUT2D eigenvalue weighted by molar-refractivity contribution is -0.125. The standard InChI is InChI=1S/C23H29N3O5/c1-29-20-13-16(14-21(30-2)22(20)31-3)19(27)15-26-12-6-8-18(26)23(28)25-11-9-17-7-4-5-10-24-17/h4-5,7,10,13-14,18H,6,8-9,11-12,15H2,1-3H3,(H,25,28)/t18-/m0/s1. The minimum absolute atomic E-state index is 0.0499. The van der Waals surface area contributed by atoms with Gasteiger partial charge in [-0.1, -0.05) is 6.07 Å². The molecule has 0 saturated carbocycles. The number of nitrogens with zero attached hydrogens (tertiary/aromatic N) is 2. The van der Waals surface area contributed by atoms with Gasteiger partial charge in [-0.05, 0) is 43.7 Å². The topological polar surface area (TPSA) is 90.0 Å². The van der Waals surface area contributed by atoms with E-state index < -0.39 is 0 Å². The third-order valence-electron chi connectivity index (χ3n) is 5.41. The number of carbonyl (C=O) groups is 2. The molecule has 1 amide bonds. The second-order valence-electron chi connectivity index (χ2n) is 7.33. The Morgan fingerprint density at radius 1 is 1.13 bits per heavy atom. The Labute approximate surface area is 182 Å². The largest absolute Gasteiger partial charge is 0.493 e. The minimum Gasteiger partial charge on any atom is -0.493 e. The van der Waals surface area contributed by atoms with Crippen molar-refractivity contribution >= 4 is 11.7 Å². The molecule has 1 N–H and O–H groups in total. The Morgan fingerprint density at radius 2 is 1.87 bits per heavy atom. The first kappa shape index (κ1) is 22.6. The zero-order valence-electron chi connectivity index (χ0n) is 18.2. The fourth-order valence-corrected chi connectivity index (χ4v) is 3.81. The molecule has 31 heavy (non-hydrogen) atoms. The van der Waals surface area contributed by atoms with E-state index in [4.69, 9.17) is 14.2 Å². The number of amides is 1. The lowest BCUT2D eigenvalue weighted by Crippen LogP contribution is -2.45. The minimum atomic E-state index is -0.310. The number of nitrogens with one attached hydrogen (secondary N) is 1. The number of pyridine rings is 1. The van der Waals surface area contributed by atoms with Crippen molar-refractivity contribution in [2.45, 2.75) is 25.3 Å².